The minimum Gasteiger partial charge on any atom is -0.496 e. The predicted octanol–water partition coefficient (Wildman–Crippen LogP) is 4.88. The summed E-state index contributed by atoms with van der Waals surface area (Å²) in [5.41, 5.74) is 3.17. The van der Waals surface area contributed by atoms with Crippen molar-refractivity contribution >= 4 is 28.0 Å². The summed E-state index contributed by atoms with van der Waals surface area (Å²) in [6.07, 6.45) is 6.45. The molecule has 0 bridgehead atoms. The minimum absolute atomic E-state index is 0.110. The van der Waals surface area contributed by atoms with Crippen LogP contribution >= 0.6 is 0 Å². The van der Waals surface area contributed by atoms with E-state index in [9.17, 15) is 9.59 Å². The van der Waals surface area contributed by atoms with Crippen LogP contribution in [0.15, 0.2) is 67.4 Å². The van der Waals surface area contributed by atoms with E-state index >= 15 is 0 Å². The van der Waals surface area contributed by atoms with Crippen LogP contribution in [0.25, 0.3) is 16.5 Å². The van der Waals surface area contributed by atoms with Crippen molar-refractivity contribution in [3.63, 3.8) is 0 Å². The number of hydrogen-bond donors (Lipinski definition) is 1. The van der Waals surface area contributed by atoms with Crippen LogP contribution in [0.1, 0.15) is 30.4 Å². The maximum absolute atomic E-state index is 12.7. The fraction of sp³-hybridized carbons (Fsp3) is 0.259. The zero-order valence-electron chi connectivity index (χ0n) is 18.6. The molecule has 6 nitrogen and oxygen atoms in total. The van der Waals surface area contributed by atoms with Crippen LogP contribution < -0.4 is 9.47 Å². The number of carbonyl (C=O) groups is 2. The molecule has 2 heterocycles. The Morgan fingerprint density at radius 2 is 2.06 bits per heavy atom. The van der Waals surface area contributed by atoms with Crippen molar-refractivity contribution in [1.29, 1.82) is 0 Å². The molecule has 1 aliphatic heterocycles. The van der Waals surface area contributed by atoms with Crippen molar-refractivity contribution < 1.29 is 23.8 Å². The van der Waals surface area contributed by atoms with Crippen LogP contribution in [0.2, 0.25) is 0 Å². The van der Waals surface area contributed by atoms with Gasteiger partial charge in [-0.05, 0) is 65.8 Å². The minimum atomic E-state index is -0.319. The van der Waals surface area contributed by atoms with Gasteiger partial charge in [0, 0.05) is 30.0 Å². The van der Waals surface area contributed by atoms with Gasteiger partial charge in [-0.1, -0.05) is 18.7 Å². The van der Waals surface area contributed by atoms with Gasteiger partial charge in [-0.2, -0.15) is 0 Å². The molecule has 33 heavy (non-hydrogen) atoms. The summed E-state index contributed by atoms with van der Waals surface area (Å²) in [4.78, 5) is 27.6. The Hall–Kier alpha value is -3.64. The van der Waals surface area contributed by atoms with Gasteiger partial charge < -0.3 is 19.2 Å². The standard InChI is InChI=1S/C27H27NO5/c1-3-20(29)14-21(30)15-25(19-7-6-18-10-11-28-26(18)13-19)24-9-8-22(16-27(24)31-2)33-17-23-5-4-12-32-23/h3,6-11,13,15-16,23,28H,1,4-5,12,14,17H2,2H3/b25-15+. The summed E-state index contributed by atoms with van der Waals surface area (Å²) in [6, 6.07) is 13.4. The van der Waals surface area contributed by atoms with Gasteiger partial charge in [0.25, 0.3) is 0 Å². The first-order chi connectivity index (χ1) is 16.1. The van der Waals surface area contributed by atoms with E-state index in [1.54, 1.807) is 7.11 Å². The maximum Gasteiger partial charge on any atom is 0.164 e. The van der Waals surface area contributed by atoms with Crippen LogP contribution in [0.4, 0.5) is 0 Å². The first-order valence-corrected chi connectivity index (χ1v) is 11.0. The van der Waals surface area contributed by atoms with Crippen LogP contribution in [0.3, 0.4) is 0 Å². The molecular formula is C27H27NO5. The van der Waals surface area contributed by atoms with Crippen LogP contribution in [-0.2, 0) is 14.3 Å². The van der Waals surface area contributed by atoms with E-state index in [0.717, 1.165) is 47.6 Å². The SMILES string of the molecule is C=CC(=O)CC(=O)/C=C(\c1ccc2cc[nH]c2c1)c1ccc(OCC2CCCO2)cc1OC. The number of H-pyrrole nitrogens is 1. The van der Waals surface area contributed by atoms with Gasteiger partial charge in [-0.3, -0.25) is 9.59 Å². The third-order valence-corrected chi connectivity index (χ3v) is 5.67. The number of allylic oxidation sites excluding steroid dienone is 2. The highest BCUT2D eigenvalue weighted by molar-refractivity contribution is 6.12. The summed E-state index contributed by atoms with van der Waals surface area (Å²) < 4.78 is 17.2. The van der Waals surface area contributed by atoms with Crippen LogP contribution in [-0.4, -0.2) is 43.0 Å². The van der Waals surface area contributed by atoms with Crippen molar-refractivity contribution in [2.75, 3.05) is 20.3 Å². The van der Waals surface area contributed by atoms with E-state index in [-0.39, 0.29) is 24.1 Å². The molecular weight excluding hydrogens is 418 g/mol. The molecule has 1 aliphatic rings. The van der Waals surface area contributed by atoms with E-state index in [0.29, 0.717) is 23.7 Å². The second kappa shape index (κ2) is 10.3. The third kappa shape index (κ3) is 5.41. The normalized spacial score (nSPS) is 16.0. The molecule has 4 rings (SSSR count). The number of ketones is 2. The topological polar surface area (TPSA) is 77.6 Å². The molecule has 1 N–H and O–H groups in total. The molecule has 1 saturated heterocycles. The van der Waals surface area contributed by atoms with E-state index < -0.39 is 0 Å². The van der Waals surface area contributed by atoms with Crippen molar-refractivity contribution in [1.82, 2.24) is 4.98 Å². The smallest absolute Gasteiger partial charge is 0.164 e. The average Bonchev–Trinajstić information content (AvgIpc) is 3.52. The first kappa shape index (κ1) is 22.6. The van der Waals surface area contributed by atoms with E-state index in [4.69, 9.17) is 14.2 Å². The Bertz CT molecular complexity index is 1200. The predicted molar refractivity (Wildman–Crippen MR) is 128 cm³/mol. The van der Waals surface area contributed by atoms with Crippen LogP contribution in [0.5, 0.6) is 11.5 Å². The first-order valence-electron chi connectivity index (χ1n) is 11.0. The molecule has 1 fully saturated rings. The monoisotopic (exact) mass is 445 g/mol. The van der Waals surface area contributed by atoms with Gasteiger partial charge in [0.2, 0.25) is 0 Å². The largest absolute Gasteiger partial charge is 0.496 e. The number of fused-ring (bicyclic) bond motifs is 1. The molecule has 0 amide bonds. The molecule has 0 aliphatic carbocycles. The zero-order chi connectivity index (χ0) is 23.2. The van der Waals surface area contributed by atoms with E-state index in [1.165, 1.54) is 6.08 Å². The fourth-order valence-electron chi connectivity index (χ4n) is 3.94. The number of hydrogen-bond acceptors (Lipinski definition) is 5. The lowest BCUT2D eigenvalue weighted by Crippen LogP contribution is -2.16. The second-order valence-corrected chi connectivity index (χ2v) is 7.96. The van der Waals surface area contributed by atoms with Gasteiger partial charge in [-0.15, -0.1) is 0 Å². The Kier molecular flexibility index (Phi) is 7.05. The summed E-state index contributed by atoms with van der Waals surface area (Å²) in [7, 11) is 1.58. The number of ether oxygens (including phenoxy) is 3. The Balaban J connectivity index is 1.69. The van der Waals surface area contributed by atoms with Crippen LogP contribution in [0, 0.1) is 0 Å². The molecule has 1 atom stereocenters. The maximum atomic E-state index is 12.7. The molecule has 170 valence electrons. The highest BCUT2D eigenvalue weighted by Crippen LogP contribution is 2.35. The molecule has 3 aromatic rings. The van der Waals surface area contributed by atoms with Crippen molar-refractivity contribution in [3.05, 3.63) is 78.5 Å². The highest BCUT2D eigenvalue weighted by Gasteiger charge is 2.18. The molecule has 0 radical (unpaired) electrons. The van der Waals surface area contributed by atoms with Crippen molar-refractivity contribution in [2.24, 2.45) is 0 Å². The lowest BCUT2D eigenvalue weighted by Gasteiger charge is -2.16. The molecule has 0 spiro atoms. The third-order valence-electron chi connectivity index (χ3n) is 5.67. The van der Waals surface area contributed by atoms with Gasteiger partial charge in [0.05, 0.1) is 19.6 Å². The summed E-state index contributed by atoms with van der Waals surface area (Å²) in [6.45, 7) is 4.71. The van der Waals surface area contributed by atoms with Gasteiger partial charge >= 0.3 is 0 Å². The number of aromatic nitrogens is 1. The Morgan fingerprint density at radius 3 is 2.82 bits per heavy atom. The Morgan fingerprint density at radius 1 is 1.18 bits per heavy atom. The van der Waals surface area contributed by atoms with Gasteiger partial charge in [0.15, 0.2) is 11.6 Å². The molecule has 1 aromatic heterocycles. The van der Waals surface area contributed by atoms with E-state index in [1.807, 2.05) is 48.7 Å². The number of rotatable bonds is 10. The summed E-state index contributed by atoms with van der Waals surface area (Å²) in [5, 5.41) is 1.07. The summed E-state index contributed by atoms with van der Waals surface area (Å²) in [5.74, 6) is 0.612. The molecule has 6 heteroatoms. The zero-order valence-corrected chi connectivity index (χ0v) is 18.6. The number of aromatic amines is 1. The molecule has 2 aromatic carbocycles. The van der Waals surface area contributed by atoms with Gasteiger partial charge in [-0.25, -0.2) is 0 Å². The highest BCUT2D eigenvalue weighted by atomic mass is 16.5. The lowest BCUT2D eigenvalue weighted by atomic mass is 9.94. The van der Waals surface area contributed by atoms with Crippen molar-refractivity contribution in [3.8, 4) is 11.5 Å². The number of nitrogens with one attached hydrogen (secondary N) is 1. The average molecular weight is 446 g/mol. The number of benzene rings is 2. The molecule has 1 unspecified atom stereocenters. The fourth-order valence-corrected chi connectivity index (χ4v) is 3.94. The lowest BCUT2D eigenvalue weighted by molar-refractivity contribution is -0.121. The van der Waals surface area contributed by atoms with E-state index in [2.05, 4.69) is 11.6 Å². The Labute approximate surface area is 192 Å². The summed E-state index contributed by atoms with van der Waals surface area (Å²) >= 11 is 0. The molecule has 0 saturated carbocycles. The number of carbonyl (C=O) groups excluding carboxylic acids is 2. The second-order valence-electron chi connectivity index (χ2n) is 7.96. The quantitative estimate of drug-likeness (QED) is 0.355. The van der Waals surface area contributed by atoms with Crippen molar-refractivity contribution in [2.45, 2.75) is 25.4 Å². The van der Waals surface area contributed by atoms with Gasteiger partial charge in [0.1, 0.15) is 18.1 Å². The number of methoxy groups -OCH3 is 1.